The molecule has 9 heteroatoms. The molecule has 0 fully saturated rings. The first kappa shape index (κ1) is 19.2. The van der Waals surface area contributed by atoms with E-state index in [0.29, 0.717) is 33.0 Å². The van der Waals surface area contributed by atoms with E-state index in [-0.39, 0.29) is 5.91 Å². The number of carbonyl (C=O) groups excluding carboxylic acids is 1. The van der Waals surface area contributed by atoms with Crippen molar-refractivity contribution in [1.29, 1.82) is 0 Å². The highest BCUT2D eigenvalue weighted by Gasteiger charge is 2.34. The molecule has 0 saturated heterocycles. The van der Waals surface area contributed by atoms with Gasteiger partial charge in [-0.05, 0) is 36.6 Å². The quantitative estimate of drug-likeness (QED) is 0.477. The molecule has 0 aliphatic carbocycles. The molecular weight excluding hydrogens is 464 g/mol. The van der Waals surface area contributed by atoms with Gasteiger partial charge >= 0.3 is 0 Å². The van der Waals surface area contributed by atoms with Crippen molar-refractivity contribution in [2.24, 2.45) is 0 Å². The Morgan fingerprint density at radius 3 is 2.79 bits per heavy atom. The lowest BCUT2D eigenvalue weighted by atomic mass is 10.1. The third-order valence-corrected chi connectivity index (χ3v) is 5.49. The lowest BCUT2D eigenvalue weighted by molar-refractivity contribution is -0.118. The van der Waals surface area contributed by atoms with Crippen molar-refractivity contribution in [3.8, 4) is 17.1 Å². The molecule has 0 unspecified atom stereocenters. The van der Waals surface area contributed by atoms with Crippen LogP contribution in [0.1, 0.15) is 18.7 Å². The molecule has 1 aromatic heterocycles. The van der Waals surface area contributed by atoms with Crippen LogP contribution in [0.25, 0.3) is 11.3 Å². The fourth-order valence-electron chi connectivity index (χ4n) is 3.04. The second-order valence-electron chi connectivity index (χ2n) is 6.03. The Kier molecular flexibility index (Phi) is 5.27. The van der Waals surface area contributed by atoms with Gasteiger partial charge in [0.05, 0.1) is 5.69 Å². The Hall–Kier alpha value is -2.16. The monoisotopic (exact) mass is 476 g/mol. The lowest BCUT2D eigenvalue weighted by Crippen LogP contribution is -2.36. The molecule has 0 saturated carbocycles. The topological polar surface area (TPSA) is 68.2 Å². The zero-order chi connectivity index (χ0) is 19.8. The molecule has 0 radical (unpaired) electrons. The largest absolute Gasteiger partial charge is 0.447 e. The average molecular weight is 478 g/mol. The zero-order valence-corrected chi connectivity index (χ0v) is 18.0. The van der Waals surface area contributed by atoms with Gasteiger partial charge in [0.2, 0.25) is 23.2 Å². The molecule has 1 amide bonds. The Balaban J connectivity index is 2.00. The number of halogens is 2. The number of rotatable bonds is 2. The first-order valence-electron chi connectivity index (χ1n) is 8.28. The number of benzene rings is 2. The van der Waals surface area contributed by atoms with E-state index in [9.17, 15) is 4.79 Å². The van der Waals surface area contributed by atoms with E-state index in [0.717, 1.165) is 10.0 Å². The minimum absolute atomic E-state index is 0.181. The molecule has 2 heterocycles. The first-order valence-corrected chi connectivity index (χ1v) is 10.7. The summed E-state index contributed by atoms with van der Waals surface area (Å²) in [7, 11) is 0. The van der Waals surface area contributed by atoms with Crippen LogP contribution in [0.4, 0.5) is 5.69 Å². The molecule has 3 aromatic rings. The molecule has 1 aliphatic rings. The average Bonchev–Trinajstić information content (AvgIpc) is 2.81. The predicted octanol–water partition coefficient (Wildman–Crippen LogP) is 5.12. The van der Waals surface area contributed by atoms with Crippen LogP contribution < -0.4 is 9.64 Å². The zero-order valence-electron chi connectivity index (χ0n) is 14.9. The molecule has 6 nitrogen and oxygen atoms in total. The normalized spacial score (nSPS) is 15.3. The van der Waals surface area contributed by atoms with E-state index in [1.165, 1.54) is 18.7 Å². The van der Waals surface area contributed by atoms with Crippen molar-refractivity contribution in [3.63, 3.8) is 0 Å². The molecule has 0 spiro atoms. The smallest absolute Gasteiger partial charge is 0.247 e. The third-order valence-electron chi connectivity index (χ3n) is 4.22. The summed E-state index contributed by atoms with van der Waals surface area (Å²) in [4.78, 5) is 18.7. The van der Waals surface area contributed by atoms with Crippen LogP contribution in [0.2, 0.25) is 5.02 Å². The molecule has 142 valence electrons. The number of aromatic nitrogens is 3. The van der Waals surface area contributed by atoms with Gasteiger partial charge in [-0.25, -0.2) is 0 Å². The van der Waals surface area contributed by atoms with Crippen LogP contribution in [0.3, 0.4) is 0 Å². The summed E-state index contributed by atoms with van der Waals surface area (Å²) < 4.78 is 7.13. The number of carbonyl (C=O) groups is 1. The SMILES string of the molecule is CSc1nnc2c(n1)O[C@H](c1cccc(Br)c1)N(C(C)=O)c1ccc(Cl)cc1-2. The van der Waals surface area contributed by atoms with Crippen molar-refractivity contribution in [1.82, 2.24) is 15.2 Å². The number of thioether (sulfide) groups is 1. The summed E-state index contributed by atoms with van der Waals surface area (Å²) in [5.41, 5.74) is 2.51. The van der Waals surface area contributed by atoms with Gasteiger partial charge in [0.15, 0.2) is 5.69 Å². The van der Waals surface area contributed by atoms with E-state index in [1.807, 2.05) is 30.5 Å². The maximum atomic E-state index is 12.7. The lowest BCUT2D eigenvalue weighted by Gasteiger charge is -2.30. The fraction of sp³-hybridized carbons (Fsp3) is 0.158. The summed E-state index contributed by atoms with van der Waals surface area (Å²) in [5.74, 6) is 0.121. The maximum absolute atomic E-state index is 12.7. The molecule has 28 heavy (non-hydrogen) atoms. The van der Waals surface area contributed by atoms with Crippen molar-refractivity contribution in [2.45, 2.75) is 18.3 Å². The molecule has 1 atom stereocenters. The number of ether oxygens (including phenoxy) is 1. The number of amides is 1. The highest BCUT2D eigenvalue weighted by atomic mass is 79.9. The second kappa shape index (κ2) is 7.69. The van der Waals surface area contributed by atoms with Crippen LogP contribution in [0.15, 0.2) is 52.1 Å². The van der Waals surface area contributed by atoms with Gasteiger partial charge in [-0.2, -0.15) is 4.98 Å². The predicted molar refractivity (Wildman–Crippen MR) is 113 cm³/mol. The van der Waals surface area contributed by atoms with Gasteiger partial charge in [-0.3, -0.25) is 9.69 Å². The Bertz CT molecular complexity index is 1080. The summed E-state index contributed by atoms with van der Waals surface area (Å²) >= 11 is 11.1. The number of nitrogens with zero attached hydrogens (tertiary/aromatic N) is 4. The summed E-state index contributed by atoms with van der Waals surface area (Å²) in [5, 5.41) is 9.43. The van der Waals surface area contributed by atoms with Crippen molar-refractivity contribution < 1.29 is 9.53 Å². The molecule has 4 rings (SSSR count). The summed E-state index contributed by atoms with van der Waals surface area (Å²) in [6, 6.07) is 12.9. The minimum Gasteiger partial charge on any atom is -0.447 e. The molecule has 0 bridgehead atoms. The Morgan fingerprint density at radius 1 is 1.25 bits per heavy atom. The minimum atomic E-state index is -0.720. The summed E-state index contributed by atoms with van der Waals surface area (Å²) in [6.45, 7) is 1.50. The molecule has 1 aliphatic heterocycles. The Labute approximate surface area is 179 Å². The van der Waals surface area contributed by atoms with E-state index in [2.05, 4.69) is 31.1 Å². The molecular formula is C19H14BrClN4O2S. The van der Waals surface area contributed by atoms with Crippen molar-refractivity contribution in [3.05, 3.63) is 57.5 Å². The van der Waals surface area contributed by atoms with Gasteiger partial charge in [0, 0.05) is 27.5 Å². The van der Waals surface area contributed by atoms with Crippen molar-refractivity contribution in [2.75, 3.05) is 11.2 Å². The number of fused-ring (bicyclic) bond motifs is 3. The van der Waals surface area contributed by atoms with Gasteiger partial charge in [-0.15, -0.1) is 10.2 Å². The van der Waals surface area contributed by atoms with E-state index in [1.54, 1.807) is 23.1 Å². The van der Waals surface area contributed by atoms with E-state index in [4.69, 9.17) is 16.3 Å². The van der Waals surface area contributed by atoms with Crippen LogP contribution in [0, 0.1) is 0 Å². The van der Waals surface area contributed by atoms with E-state index < -0.39 is 6.23 Å². The highest BCUT2D eigenvalue weighted by molar-refractivity contribution is 9.10. The summed E-state index contributed by atoms with van der Waals surface area (Å²) in [6.07, 6.45) is 1.14. The van der Waals surface area contributed by atoms with Gasteiger partial charge in [0.1, 0.15) is 0 Å². The molecule has 0 N–H and O–H groups in total. The van der Waals surface area contributed by atoms with Crippen molar-refractivity contribution >= 4 is 50.9 Å². The third kappa shape index (κ3) is 3.47. The van der Waals surface area contributed by atoms with Crippen LogP contribution in [-0.4, -0.2) is 27.3 Å². The first-order chi connectivity index (χ1) is 13.5. The Morgan fingerprint density at radius 2 is 2.07 bits per heavy atom. The standard InChI is InChI=1S/C19H14BrClN4O2S/c1-10(26)25-15-7-6-13(21)9-14(15)16-17(22-19(28-2)24-23-16)27-18(25)11-4-3-5-12(20)8-11/h3-9,18H,1-2H3/t18-/m1/s1. The van der Waals surface area contributed by atoms with Crippen LogP contribution >= 0.6 is 39.3 Å². The second-order valence-corrected chi connectivity index (χ2v) is 8.15. The van der Waals surface area contributed by atoms with Crippen LogP contribution in [0.5, 0.6) is 5.88 Å². The van der Waals surface area contributed by atoms with Gasteiger partial charge < -0.3 is 4.74 Å². The number of anilines is 1. The fourth-order valence-corrected chi connectivity index (χ4v) is 3.93. The molecule has 2 aromatic carbocycles. The van der Waals surface area contributed by atoms with Gasteiger partial charge in [0.25, 0.3) is 0 Å². The highest BCUT2D eigenvalue weighted by Crippen LogP contribution is 2.44. The number of hydrogen-bond donors (Lipinski definition) is 0. The van der Waals surface area contributed by atoms with Gasteiger partial charge in [-0.1, -0.05) is 51.4 Å². The van der Waals surface area contributed by atoms with E-state index >= 15 is 0 Å². The number of hydrogen-bond acceptors (Lipinski definition) is 6. The van der Waals surface area contributed by atoms with Crippen LogP contribution in [-0.2, 0) is 4.79 Å². The maximum Gasteiger partial charge on any atom is 0.247 e.